The van der Waals surface area contributed by atoms with Gasteiger partial charge in [-0.2, -0.15) is 5.26 Å². The van der Waals surface area contributed by atoms with Crippen molar-refractivity contribution in [3.63, 3.8) is 0 Å². The van der Waals surface area contributed by atoms with E-state index in [0.717, 1.165) is 41.7 Å². The van der Waals surface area contributed by atoms with E-state index in [2.05, 4.69) is 20.8 Å². The zero-order valence-corrected chi connectivity index (χ0v) is 17.0. The first-order valence-corrected chi connectivity index (χ1v) is 10.5. The average molecular weight is 420 g/mol. The van der Waals surface area contributed by atoms with E-state index in [4.69, 9.17) is 5.26 Å². The number of hydrogen-bond acceptors (Lipinski definition) is 6. The van der Waals surface area contributed by atoms with Crippen LogP contribution in [0.15, 0.2) is 36.7 Å². The molecule has 0 fully saturated rings. The second-order valence-electron chi connectivity index (χ2n) is 7.03. The van der Waals surface area contributed by atoms with E-state index in [9.17, 15) is 9.59 Å². The van der Waals surface area contributed by atoms with Crippen molar-refractivity contribution in [1.29, 1.82) is 5.26 Å². The van der Waals surface area contributed by atoms with Crippen LogP contribution in [0.4, 0.5) is 5.00 Å². The number of aromatic nitrogens is 3. The molecule has 2 amide bonds. The van der Waals surface area contributed by atoms with Crippen LogP contribution in [-0.4, -0.2) is 26.6 Å². The number of aryl methyl sites for hydroxylation is 1. The standard InChI is InChI=1S/C21H20N6O2S/c22-10-17-26-24-13-27(17)12-18(28)25-21-19(15-8-4-5-9-16(15)30-21)20(29)23-11-14-6-2-1-3-7-14/h1-3,6-7,13H,4-5,8-9,11-12H2,(H,23,29)(H,25,28). The largest absolute Gasteiger partial charge is 0.348 e. The second kappa shape index (κ2) is 8.88. The van der Waals surface area contributed by atoms with Gasteiger partial charge in [0.2, 0.25) is 11.7 Å². The highest BCUT2D eigenvalue weighted by Gasteiger charge is 2.26. The molecule has 0 unspecified atom stereocenters. The fourth-order valence-corrected chi connectivity index (χ4v) is 4.84. The Morgan fingerprint density at radius 1 is 1.20 bits per heavy atom. The molecule has 1 aliphatic rings. The Bertz CT molecular complexity index is 1110. The number of anilines is 1. The van der Waals surface area contributed by atoms with Crippen molar-refractivity contribution in [3.8, 4) is 6.07 Å². The van der Waals surface area contributed by atoms with Crippen LogP contribution in [-0.2, 0) is 30.7 Å². The third kappa shape index (κ3) is 4.23. The van der Waals surface area contributed by atoms with Crippen molar-refractivity contribution >= 4 is 28.2 Å². The minimum absolute atomic E-state index is 0.0662. The van der Waals surface area contributed by atoms with Crippen LogP contribution in [0.25, 0.3) is 0 Å². The van der Waals surface area contributed by atoms with Gasteiger partial charge in [-0.15, -0.1) is 21.5 Å². The van der Waals surface area contributed by atoms with E-state index in [1.807, 2.05) is 36.4 Å². The topological polar surface area (TPSA) is 113 Å². The van der Waals surface area contributed by atoms with Gasteiger partial charge in [0.05, 0.1) is 5.56 Å². The summed E-state index contributed by atoms with van der Waals surface area (Å²) in [4.78, 5) is 26.8. The molecule has 2 heterocycles. The first-order chi connectivity index (χ1) is 14.7. The minimum Gasteiger partial charge on any atom is -0.348 e. The van der Waals surface area contributed by atoms with E-state index in [-0.39, 0.29) is 24.2 Å². The number of rotatable bonds is 6. The first kappa shape index (κ1) is 19.8. The Kier molecular flexibility index (Phi) is 5.86. The van der Waals surface area contributed by atoms with Gasteiger partial charge in [-0.3, -0.25) is 14.2 Å². The van der Waals surface area contributed by atoms with Crippen LogP contribution in [0, 0.1) is 11.3 Å². The lowest BCUT2D eigenvalue weighted by Crippen LogP contribution is -2.26. The molecule has 1 aliphatic carbocycles. The molecule has 2 aromatic heterocycles. The SMILES string of the molecule is N#Cc1nncn1CC(=O)Nc1sc2c(c1C(=O)NCc1ccccc1)CCCC2. The van der Waals surface area contributed by atoms with Crippen molar-refractivity contribution < 1.29 is 9.59 Å². The molecule has 0 bridgehead atoms. The van der Waals surface area contributed by atoms with Gasteiger partial charge in [0.15, 0.2) is 0 Å². The summed E-state index contributed by atoms with van der Waals surface area (Å²) in [7, 11) is 0. The highest BCUT2D eigenvalue weighted by atomic mass is 32.1. The maximum Gasteiger partial charge on any atom is 0.254 e. The Labute approximate surface area is 177 Å². The minimum atomic E-state index is -0.331. The Hall–Kier alpha value is -3.51. The second-order valence-corrected chi connectivity index (χ2v) is 8.13. The highest BCUT2D eigenvalue weighted by molar-refractivity contribution is 7.17. The fourth-order valence-electron chi connectivity index (χ4n) is 3.54. The molecule has 8 nitrogen and oxygen atoms in total. The number of carbonyl (C=O) groups is 2. The third-order valence-corrected chi connectivity index (χ3v) is 6.18. The molecule has 0 saturated heterocycles. The van der Waals surface area contributed by atoms with Crippen LogP contribution in [0.5, 0.6) is 0 Å². The molecular weight excluding hydrogens is 400 g/mol. The summed E-state index contributed by atoms with van der Waals surface area (Å²) in [6.07, 6.45) is 5.20. The molecule has 1 aromatic carbocycles. The molecule has 0 radical (unpaired) electrons. The maximum absolute atomic E-state index is 13.0. The Morgan fingerprint density at radius 2 is 2.00 bits per heavy atom. The molecule has 0 spiro atoms. The number of hydrogen-bond donors (Lipinski definition) is 2. The Morgan fingerprint density at radius 3 is 2.80 bits per heavy atom. The summed E-state index contributed by atoms with van der Waals surface area (Å²) in [6.45, 7) is 0.327. The van der Waals surface area contributed by atoms with Crippen molar-refractivity contribution in [2.75, 3.05) is 5.32 Å². The zero-order chi connectivity index (χ0) is 20.9. The van der Waals surface area contributed by atoms with Crippen LogP contribution < -0.4 is 10.6 Å². The lowest BCUT2D eigenvalue weighted by Gasteiger charge is -2.13. The summed E-state index contributed by atoms with van der Waals surface area (Å²) in [5.41, 5.74) is 2.61. The highest BCUT2D eigenvalue weighted by Crippen LogP contribution is 2.38. The smallest absolute Gasteiger partial charge is 0.254 e. The summed E-state index contributed by atoms with van der Waals surface area (Å²) in [5, 5.41) is 22.8. The normalized spacial score (nSPS) is 12.6. The number of nitrogens with zero attached hydrogens (tertiary/aromatic N) is 4. The van der Waals surface area contributed by atoms with E-state index < -0.39 is 0 Å². The number of nitrogens with one attached hydrogen (secondary N) is 2. The van der Waals surface area contributed by atoms with Gasteiger partial charge in [0.1, 0.15) is 23.9 Å². The van der Waals surface area contributed by atoms with Gasteiger partial charge >= 0.3 is 0 Å². The van der Waals surface area contributed by atoms with E-state index >= 15 is 0 Å². The number of fused-ring (bicyclic) bond motifs is 1. The number of thiophene rings is 1. The number of amides is 2. The van der Waals surface area contributed by atoms with Gasteiger partial charge < -0.3 is 10.6 Å². The average Bonchev–Trinajstić information content (AvgIpc) is 3.36. The lowest BCUT2D eigenvalue weighted by atomic mass is 9.95. The predicted molar refractivity (Wildman–Crippen MR) is 112 cm³/mol. The molecule has 0 aliphatic heterocycles. The van der Waals surface area contributed by atoms with Crippen LogP contribution in [0.2, 0.25) is 0 Å². The quantitative estimate of drug-likeness (QED) is 0.637. The van der Waals surface area contributed by atoms with Crippen molar-refractivity contribution in [1.82, 2.24) is 20.1 Å². The van der Waals surface area contributed by atoms with E-state index in [1.54, 1.807) is 0 Å². The summed E-state index contributed by atoms with van der Waals surface area (Å²) in [6, 6.07) is 11.6. The van der Waals surface area contributed by atoms with Crippen molar-refractivity contribution in [2.24, 2.45) is 0 Å². The fraction of sp³-hybridized carbons (Fsp3) is 0.286. The van der Waals surface area contributed by atoms with Gasteiger partial charge in [-0.1, -0.05) is 30.3 Å². The van der Waals surface area contributed by atoms with Crippen molar-refractivity contribution in [2.45, 2.75) is 38.8 Å². The molecule has 30 heavy (non-hydrogen) atoms. The molecule has 9 heteroatoms. The summed E-state index contributed by atoms with van der Waals surface area (Å²) < 4.78 is 1.37. The number of benzene rings is 1. The molecular formula is C21H20N6O2S. The van der Waals surface area contributed by atoms with Gasteiger partial charge in [-0.05, 0) is 36.8 Å². The molecule has 2 N–H and O–H groups in total. The van der Waals surface area contributed by atoms with Crippen LogP contribution in [0.3, 0.4) is 0 Å². The predicted octanol–water partition coefficient (Wildman–Crippen LogP) is 2.66. The zero-order valence-electron chi connectivity index (χ0n) is 16.2. The summed E-state index contributed by atoms with van der Waals surface area (Å²) >= 11 is 1.46. The van der Waals surface area contributed by atoms with Crippen molar-refractivity contribution in [3.05, 3.63) is 64.1 Å². The van der Waals surface area contributed by atoms with Gasteiger partial charge in [0, 0.05) is 11.4 Å². The number of carbonyl (C=O) groups excluding carboxylic acids is 2. The molecule has 0 saturated carbocycles. The molecule has 3 aromatic rings. The molecule has 4 rings (SSSR count). The number of nitriles is 1. The van der Waals surface area contributed by atoms with E-state index in [0.29, 0.717) is 17.1 Å². The molecule has 152 valence electrons. The Balaban J connectivity index is 1.54. The monoisotopic (exact) mass is 420 g/mol. The maximum atomic E-state index is 13.0. The van der Waals surface area contributed by atoms with Gasteiger partial charge in [0.25, 0.3) is 5.91 Å². The molecule has 0 atom stereocenters. The van der Waals surface area contributed by atoms with E-state index in [1.165, 1.54) is 22.2 Å². The summed E-state index contributed by atoms with van der Waals surface area (Å²) in [5.74, 6) is -0.450. The van der Waals surface area contributed by atoms with Gasteiger partial charge in [-0.25, -0.2) is 0 Å². The third-order valence-electron chi connectivity index (χ3n) is 4.98. The lowest BCUT2D eigenvalue weighted by molar-refractivity contribution is -0.116. The first-order valence-electron chi connectivity index (χ1n) is 9.70. The van der Waals surface area contributed by atoms with Crippen LogP contribution >= 0.6 is 11.3 Å². The van der Waals surface area contributed by atoms with Crippen LogP contribution in [0.1, 0.15) is 45.0 Å².